The number of hydrogen-bond donors (Lipinski definition) is 2. The average Bonchev–Trinajstić information content (AvgIpc) is 2.34. The second-order valence-electron chi connectivity index (χ2n) is 7.24. The summed E-state index contributed by atoms with van der Waals surface area (Å²) in [5, 5.41) is 18.5. The molecular weight excluding hydrogens is 256 g/mol. The van der Waals surface area contributed by atoms with E-state index >= 15 is 0 Å². The molecule has 0 aromatic heterocycles. The molecule has 2 atom stereocenters. The summed E-state index contributed by atoms with van der Waals surface area (Å²) < 4.78 is 0. The van der Waals surface area contributed by atoms with E-state index in [0.29, 0.717) is 6.42 Å². The van der Waals surface area contributed by atoms with Crippen LogP contribution in [0.1, 0.15) is 52.4 Å². The van der Waals surface area contributed by atoms with Gasteiger partial charge in [-0.1, -0.05) is 18.1 Å². The summed E-state index contributed by atoms with van der Waals surface area (Å²) in [5.41, 5.74) is 2.31. The fraction of sp³-hybridized carbons (Fsp3) is 0.750. The molecule has 110 valence electrons. The molecule has 0 aromatic carbocycles. The van der Waals surface area contributed by atoms with Gasteiger partial charge >= 0.3 is 11.9 Å². The topological polar surface area (TPSA) is 74.6 Å². The van der Waals surface area contributed by atoms with Gasteiger partial charge in [-0.05, 0) is 56.8 Å². The van der Waals surface area contributed by atoms with Crippen molar-refractivity contribution in [3.05, 3.63) is 11.1 Å². The Morgan fingerprint density at radius 3 is 2.45 bits per heavy atom. The van der Waals surface area contributed by atoms with Crippen LogP contribution in [0.3, 0.4) is 0 Å². The molecule has 1 unspecified atom stereocenters. The van der Waals surface area contributed by atoms with Gasteiger partial charge in [0.25, 0.3) is 0 Å². The van der Waals surface area contributed by atoms with Crippen molar-refractivity contribution in [2.24, 2.45) is 22.7 Å². The molecule has 4 aliphatic rings. The van der Waals surface area contributed by atoms with Crippen molar-refractivity contribution in [3.8, 4) is 0 Å². The zero-order chi connectivity index (χ0) is 14.7. The quantitative estimate of drug-likeness (QED) is 0.775. The molecule has 0 spiro atoms. The van der Waals surface area contributed by atoms with Crippen molar-refractivity contribution >= 4 is 11.9 Å². The van der Waals surface area contributed by atoms with Crippen molar-refractivity contribution in [1.82, 2.24) is 0 Å². The van der Waals surface area contributed by atoms with E-state index in [1.54, 1.807) is 0 Å². The molecule has 0 amide bonds. The summed E-state index contributed by atoms with van der Waals surface area (Å²) in [4.78, 5) is 22.5. The Labute approximate surface area is 118 Å². The third kappa shape index (κ3) is 1.60. The molecule has 4 nitrogen and oxygen atoms in total. The van der Waals surface area contributed by atoms with E-state index in [1.807, 2.05) is 0 Å². The summed E-state index contributed by atoms with van der Waals surface area (Å²) in [6.07, 6.45) is 4.76. The molecule has 2 N–H and O–H groups in total. The van der Waals surface area contributed by atoms with Crippen LogP contribution >= 0.6 is 0 Å². The second-order valence-corrected chi connectivity index (χ2v) is 7.24. The highest BCUT2D eigenvalue weighted by Crippen LogP contribution is 2.79. The lowest BCUT2D eigenvalue weighted by Gasteiger charge is -2.74. The van der Waals surface area contributed by atoms with Gasteiger partial charge in [-0.3, -0.25) is 9.59 Å². The summed E-state index contributed by atoms with van der Waals surface area (Å²) in [5.74, 6) is -1.35. The van der Waals surface area contributed by atoms with Gasteiger partial charge in [-0.25, -0.2) is 0 Å². The average molecular weight is 278 g/mol. The second kappa shape index (κ2) is 4.09. The zero-order valence-electron chi connectivity index (χ0n) is 12.1. The first-order chi connectivity index (χ1) is 9.31. The van der Waals surface area contributed by atoms with E-state index in [2.05, 4.69) is 13.8 Å². The van der Waals surface area contributed by atoms with E-state index < -0.39 is 17.4 Å². The summed E-state index contributed by atoms with van der Waals surface area (Å²) >= 11 is 0. The molecule has 2 bridgehead atoms. The highest BCUT2D eigenvalue weighted by molar-refractivity contribution is 5.80. The third-order valence-electron chi connectivity index (χ3n) is 6.39. The summed E-state index contributed by atoms with van der Waals surface area (Å²) in [6.45, 7) is 4.16. The molecule has 4 aliphatic carbocycles. The molecule has 3 saturated carbocycles. The zero-order valence-corrected chi connectivity index (χ0v) is 12.1. The van der Waals surface area contributed by atoms with Crippen LogP contribution < -0.4 is 0 Å². The van der Waals surface area contributed by atoms with Crippen LogP contribution in [0.2, 0.25) is 0 Å². The Balaban J connectivity index is 1.71. The van der Waals surface area contributed by atoms with E-state index in [-0.39, 0.29) is 17.3 Å². The Morgan fingerprint density at radius 1 is 1.30 bits per heavy atom. The number of carboxylic acids is 2. The van der Waals surface area contributed by atoms with Gasteiger partial charge < -0.3 is 10.2 Å². The number of carbonyl (C=O) groups is 2. The predicted octanol–water partition coefficient (Wildman–Crippen LogP) is 3.08. The fourth-order valence-electron chi connectivity index (χ4n) is 4.76. The lowest BCUT2D eigenvalue weighted by molar-refractivity contribution is -0.267. The van der Waals surface area contributed by atoms with Gasteiger partial charge in [0.1, 0.15) is 0 Å². The first-order valence-corrected chi connectivity index (χ1v) is 7.44. The Morgan fingerprint density at radius 2 is 1.95 bits per heavy atom. The number of aliphatic carboxylic acids is 2. The molecule has 3 fully saturated rings. The highest BCUT2D eigenvalue weighted by Gasteiger charge is 2.76. The molecule has 0 radical (unpaired) electrons. The van der Waals surface area contributed by atoms with Crippen LogP contribution in [0, 0.1) is 22.7 Å². The minimum absolute atomic E-state index is 0.148. The largest absolute Gasteiger partial charge is 0.481 e. The smallest absolute Gasteiger partial charge is 0.309 e. The van der Waals surface area contributed by atoms with Crippen molar-refractivity contribution in [1.29, 1.82) is 0 Å². The predicted molar refractivity (Wildman–Crippen MR) is 73.2 cm³/mol. The molecular formula is C16H22O4. The van der Waals surface area contributed by atoms with Gasteiger partial charge in [-0.15, -0.1) is 0 Å². The molecule has 4 heteroatoms. The van der Waals surface area contributed by atoms with E-state index in [4.69, 9.17) is 0 Å². The highest BCUT2D eigenvalue weighted by atomic mass is 16.4. The minimum Gasteiger partial charge on any atom is -0.481 e. The molecule has 0 heterocycles. The van der Waals surface area contributed by atoms with Crippen LogP contribution in [0.15, 0.2) is 11.1 Å². The first kappa shape index (κ1) is 13.7. The van der Waals surface area contributed by atoms with Gasteiger partial charge in [0, 0.05) is 0 Å². The molecule has 0 aliphatic heterocycles. The van der Waals surface area contributed by atoms with Gasteiger partial charge in [-0.2, -0.15) is 0 Å². The lowest BCUT2D eigenvalue weighted by Crippen LogP contribution is -2.72. The first-order valence-electron chi connectivity index (χ1n) is 7.44. The molecule has 4 rings (SSSR count). The lowest BCUT2D eigenvalue weighted by atomic mass is 9.28. The maximum atomic E-state index is 11.3. The SMILES string of the molecule is CC1=C(CC23CC(C(=O)O)(C2)[C@@H]3C)CC(C(=O)O)CC1. The van der Waals surface area contributed by atoms with E-state index in [1.165, 1.54) is 11.1 Å². The van der Waals surface area contributed by atoms with Crippen molar-refractivity contribution in [2.75, 3.05) is 0 Å². The maximum Gasteiger partial charge on any atom is 0.309 e. The standard InChI is InChI=1S/C16H22O4/c1-9-3-4-11(13(17)18)5-12(9)6-15-7-16(8-15,10(15)2)14(19)20/h10-11H,3-8H2,1-2H3,(H,17,18)(H,19,20)/t10-,11?,15?,16?/m1/s1. The number of allylic oxidation sites excluding steroid dienone is 2. The molecule has 0 aromatic rings. The van der Waals surface area contributed by atoms with Crippen LogP contribution in [0.4, 0.5) is 0 Å². The summed E-state index contributed by atoms with van der Waals surface area (Å²) in [7, 11) is 0. The van der Waals surface area contributed by atoms with Gasteiger partial charge in [0.2, 0.25) is 0 Å². The van der Waals surface area contributed by atoms with Crippen molar-refractivity contribution < 1.29 is 19.8 Å². The third-order valence-corrected chi connectivity index (χ3v) is 6.39. The molecule has 0 saturated heterocycles. The van der Waals surface area contributed by atoms with Gasteiger partial charge in [0.05, 0.1) is 11.3 Å². The maximum absolute atomic E-state index is 11.3. The Kier molecular flexibility index (Phi) is 2.79. The normalized spacial score (nSPS) is 42.7. The van der Waals surface area contributed by atoms with Crippen LogP contribution in [-0.2, 0) is 9.59 Å². The van der Waals surface area contributed by atoms with Crippen LogP contribution in [0.5, 0.6) is 0 Å². The number of rotatable bonds is 4. The van der Waals surface area contributed by atoms with Crippen LogP contribution in [-0.4, -0.2) is 22.2 Å². The monoisotopic (exact) mass is 278 g/mol. The van der Waals surface area contributed by atoms with Gasteiger partial charge in [0.15, 0.2) is 0 Å². The summed E-state index contributed by atoms with van der Waals surface area (Å²) in [6, 6.07) is 0. The number of hydrogen-bond acceptors (Lipinski definition) is 2. The van der Waals surface area contributed by atoms with E-state index in [0.717, 1.165) is 32.1 Å². The molecule has 20 heavy (non-hydrogen) atoms. The Hall–Kier alpha value is -1.32. The van der Waals surface area contributed by atoms with Crippen LogP contribution in [0.25, 0.3) is 0 Å². The number of carboxylic acid groups (broad SMARTS) is 2. The van der Waals surface area contributed by atoms with Crippen molar-refractivity contribution in [3.63, 3.8) is 0 Å². The minimum atomic E-state index is -0.692. The van der Waals surface area contributed by atoms with Crippen molar-refractivity contribution in [2.45, 2.75) is 52.4 Å². The Bertz CT molecular complexity index is 511. The fourth-order valence-corrected chi connectivity index (χ4v) is 4.76. The van der Waals surface area contributed by atoms with E-state index in [9.17, 15) is 19.8 Å².